The van der Waals surface area contributed by atoms with Gasteiger partial charge in [-0.05, 0) is 99.7 Å². The number of nitrogens with one attached hydrogen (secondary N) is 2. The van der Waals surface area contributed by atoms with E-state index in [1.807, 2.05) is 6.92 Å². The summed E-state index contributed by atoms with van der Waals surface area (Å²) in [5.74, 6) is 1.83. The molecule has 4 fully saturated rings. The number of Topliss-reactive ketones (excluding diaryl/α,β-unsaturated/α-hetero) is 1. The molecule has 1 aromatic rings. The summed E-state index contributed by atoms with van der Waals surface area (Å²) >= 11 is 0. The van der Waals surface area contributed by atoms with Gasteiger partial charge in [0.15, 0.2) is 17.4 Å². The maximum atomic E-state index is 13.8. The number of anilines is 2. The molecule has 5 aliphatic rings. The molecule has 1 aliphatic heterocycles. The van der Waals surface area contributed by atoms with Crippen LogP contribution in [-0.4, -0.2) is 23.0 Å². The van der Waals surface area contributed by atoms with Crippen LogP contribution in [0.3, 0.4) is 0 Å². The Kier molecular flexibility index (Phi) is 5.27. The molecular weight excluding hydrogens is 436 g/mol. The Morgan fingerprint density at radius 1 is 1.03 bits per heavy atom. The summed E-state index contributed by atoms with van der Waals surface area (Å²) < 4.78 is 27.4. The second-order valence-electron chi connectivity index (χ2n) is 12.4. The first-order valence-electron chi connectivity index (χ1n) is 13.2. The van der Waals surface area contributed by atoms with E-state index in [9.17, 15) is 18.7 Å². The quantitative estimate of drug-likeness (QED) is 0.563. The number of nitrogens with zero attached hydrogens (tertiary/aromatic N) is 1. The summed E-state index contributed by atoms with van der Waals surface area (Å²) in [6.07, 6.45) is 9.81. The summed E-state index contributed by atoms with van der Waals surface area (Å²) in [4.78, 5) is 13.6. The van der Waals surface area contributed by atoms with Gasteiger partial charge < -0.3 is 10.5 Å². The van der Waals surface area contributed by atoms with E-state index >= 15 is 0 Å². The molecule has 0 bridgehead atoms. The number of carbonyl (C=O) groups excluding carboxylic acids is 1. The van der Waals surface area contributed by atoms with E-state index in [0.717, 1.165) is 62.5 Å². The minimum atomic E-state index is -0.909. The Balaban J connectivity index is 1.17. The third kappa shape index (κ3) is 3.48. The molecule has 3 N–H and O–H groups in total. The Morgan fingerprint density at radius 3 is 2.62 bits per heavy atom. The highest BCUT2D eigenvalue weighted by Crippen LogP contribution is 2.64. The average Bonchev–Trinajstić information content (AvgIpc) is 3.33. The number of rotatable bonds is 3. The highest BCUT2D eigenvalue weighted by atomic mass is 19.2. The molecule has 0 aromatic heterocycles. The minimum absolute atomic E-state index is 0.0133. The molecule has 8 atom stereocenters. The van der Waals surface area contributed by atoms with Crippen molar-refractivity contribution in [2.45, 2.75) is 77.2 Å². The van der Waals surface area contributed by atoms with Crippen LogP contribution in [-0.2, 0) is 4.79 Å². The van der Waals surface area contributed by atoms with Crippen LogP contribution in [0, 0.1) is 52.6 Å². The number of carbonyl (C=O) groups is 1. The van der Waals surface area contributed by atoms with Gasteiger partial charge in [-0.3, -0.25) is 9.80 Å². The fraction of sp³-hybridized carbons (Fsp3) is 0.741. The fourth-order valence-electron chi connectivity index (χ4n) is 9.05. The van der Waals surface area contributed by atoms with Crippen LogP contribution in [0.5, 0.6) is 0 Å². The van der Waals surface area contributed by atoms with Crippen LogP contribution in [0.4, 0.5) is 20.2 Å². The molecule has 4 saturated carbocycles. The van der Waals surface area contributed by atoms with Crippen molar-refractivity contribution < 1.29 is 18.7 Å². The average molecular weight is 474 g/mol. The lowest BCUT2D eigenvalue weighted by atomic mass is 9.49. The van der Waals surface area contributed by atoms with E-state index in [0.29, 0.717) is 29.1 Å². The summed E-state index contributed by atoms with van der Waals surface area (Å²) in [7, 11) is 0. The molecule has 1 heterocycles. The van der Waals surface area contributed by atoms with E-state index in [1.165, 1.54) is 19.3 Å². The lowest BCUT2D eigenvalue weighted by molar-refractivity contribution is -0.131. The highest BCUT2D eigenvalue weighted by Gasteiger charge is 2.58. The van der Waals surface area contributed by atoms with Crippen molar-refractivity contribution in [2.75, 3.05) is 17.0 Å². The lowest BCUT2D eigenvalue weighted by Crippen LogP contribution is -2.51. The third-order valence-corrected chi connectivity index (χ3v) is 10.6. The molecule has 34 heavy (non-hydrogen) atoms. The lowest BCUT2D eigenvalue weighted by Gasteiger charge is -2.56. The standard InChI is InChI=1S/C27H37F2N3O2/c1-26(34)9-7-16-15(13-26)3-4-18-17(16)8-10-27(2)19(18)5-6-20(27)25(33)14-32-24-12-22(29)21(28)11-23(24)30-31-32/h11-12,15-20,30-31,34H,3-10,13-14H2,1-2H3/t15-,16+,17-,18-,19+,20-,26-,27+/m1/s1. The molecule has 4 aliphatic carbocycles. The van der Waals surface area contributed by atoms with Crippen LogP contribution >= 0.6 is 0 Å². The monoisotopic (exact) mass is 473 g/mol. The Hall–Kier alpha value is -1.73. The molecule has 0 amide bonds. The van der Waals surface area contributed by atoms with Gasteiger partial charge in [0.1, 0.15) is 0 Å². The number of hydrogen-bond acceptors (Lipinski definition) is 5. The normalized spacial score (nSPS) is 42.9. The molecule has 0 unspecified atom stereocenters. The third-order valence-electron chi connectivity index (χ3n) is 10.6. The number of benzene rings is 1. The molecular formula is C27H37F2N3O2. The smallest absolute Gasteiger partial charge is 0.161 e. The van der Waals surface area contributed by atoms with Crippen LogP contribution in [0.25, 0.3) is 0 Å². The summed E-state index contributed by atoms with van der Waals surface area (Å²) in [5.41, 5.74) is 6.21. The van der Waals surface area contributed by atoms with Gasteiger partial charge >= 0.3 is 0 Å². The van der Waals surface area contributed by atoms with Gasteiger partial charge in [-0.2, -0.15) is 0 Å². The van der Waals surface area contributed by atoms with E-state index < -0.39 is 17.2 Å². The van der Waals surface area contributed by atoms with Crippen molar-refractivity contribution in [3.63, 3.8) is 0 Å². The fourth-order valence-corrected chi connectivity index (χ4v) is 9.05. The largest absolute Gasteiger partial charge is 0.390 e. The van der Waals surface area contributed by atoms with E-state index in [2.05, 4.69) is 17.9 Å². The molecule has 6 rings (SSSR count). The van der Waals surface area contributed by atoms with Gasteiger partial charge in [0, 0.05) is 18.1 Å². The number of hydrogen-bond donors (Lipinski definition) is 3. The van der Waals surface area contributed by atoms with Gasteiger partial charge in [-0.15, -0.1) is 5.53 Å². The molecule has 186 valence electrons. The van der Waals surface area contributed by atoms with Crippen molar-refractivity contribution in [1.29, 1.82) is 0 Å². The number of aliphatic hydroxyl groups is 1. The first-order valence-corrected chi connectivity index (χ1v) is 13.2. The molecule has 0 spiro atoms. The van der Waals surface area contributed by atoms with Crippen LogP contribution in [0.2, 0.25) is 0 Å². The van der Waals surface area contributed by atoms with Crippen molar-refractivity contribution in [3.8, 4) is 0 Å². The summed E-state index contributed by atoms with van der Waals surface area (Å²) in [5, 5.41) is 12.2. The molecule has 1 aromatic carbocycles. The Bertz CT molecular complexity index is 1000. The number of halogens is 2. The minimum Gasteiger partial charge on any atom is -0.390 e. The maximum absolute atomic E-state index is 13.8. The van der Waals surface area contributed by atoms with Crippen LogP contribution in [0.1, 0.15) is 71.6 Å². The predicted molar refractivity (Wildman–Crippen MR) is 127 cm³/mol. The first kappa shape index (κ1) is 22.7. The van der Waals surface area contributed by atoms with Gasteiger partial charge in [-0.1, -0.05) is 6.92 Å². The van der Waals surface area contributed by atoms with Crippen LogP contribution in [0.15, 0.2) is 12.1 Å². The van der Waals surface area contributed by atoms with E-state index in [-0.39, 0.29) is 23.7 Å². The number of hydrazine groups is 2. The molecule has 7 heteroatoms. The van der Waals surface area contributed by atoms with Crippen molar-refractivity contribution in [3.05, 3.63) is 23.8 Å². The van der Waals surface area contributed by atoms with Crippen molar-refractivity contribution in [1.82, 2.24) is 5.53 Å². The van der Waals surface area contributed by atoms with E-state index in [4.69, 9.17) is 0 Å². The molecule has 0 radical (unpaired) electrons. The Labute approximate surface area is 200 Å². The maximum Gasteiger partial charge on any atom is 0.161 e. The second-order valence-corrected chi connectivity index (χ2v) is 12.4. The zero-order valence-electron chi connectivity index (χ0n) is 20.2. The Morgan fingerprint density at radius 2 is 1.79 bits per heavy atom. The highest BCUT2D eigenvalue weighted by molar-refractivity contribution is 5.88. The van der Waals surface area contributed by atoms with Gasteiger partial charge in [-0.25, -0.2) is 8.78 Å². The zero-order valence-corrected chi connectivity index (χ0v) is 20.2. The first-order chi connectivity index (χ1) is 16.2. The van der Waals surface area contributed by atoms with Crippen molar-refractivity contribution >= 4 is 17.2 Å². The summed E-state index contributed by atoms with van der Waals surface area (Å²) in [6.45, 7) is 4.50. The van der Waals surface area contributed by atoms with Crippen LogP contribution < -0.4 is 16.0 Å². The predicted octanol–water partition coefficient (Wildman–Crippen LogP) is 5.21. The number of fused-ring (bicyclic) bond motifs is 6. The molecule has 0 saturated heterocycles. The molecule has 5 nitrogen and oxygen atoms in total. The van der Waals surface area contributed by atoms with Crippen molar-refractivity contribution in [2.24, 2.45) is 40.9 Å². The topological polar surface area (TPSA) is 64.6 Å². The second kappa shape index (κ2) is 7.89. The van der Waals surface area contributed by atoms with Gasteiger partial charge in [0.2, 0.25) is 0 Å². The van der Waals surface area contributed by atoms with Gasteiger partial charge in [0.05, 0.1) is 23.5 Å². The van der Waals surface area contributed by atoms with Gasteiger partial charge in [0.25, 0.3) is 0 Å². The zero-order chi connectivity index (χ0) is 23.8. The SMILES string of the molecule is C[C@@]1(O)CC[C@H]2[C@H](CC[C@@H]3[C@@H]2CC[C@]2(C)[C@@H](C(=O)CN4NNc5cc(F)c(F)cc54)CC[C@@H]32)C1. The number of ketones is 1. The summed E-state index contributed by atoms with van der Waals surface area (Å²) in [6, 6.07) is 2.27. The van der Waals surface area contributed by atoms with E-state index in [1.54, 1.807) is 5.01 Å².